The lowest BCUT2D eigenvalue weighted by Crippen LogP contribution is -2.15. The number of benzene rings is 1. The molecule has 0 saturated heterocycles. The first-order chi connectivity index (χ1) is 8.19. The van der Waals surface area contributed by atoms with Crippen molar-refractivity contribution in [3.05, 3.63) is 34.3 Å². The molecule has 0 spiro atoms. The summed E-state index contributed by atoms with van der Waals surface area (Å²) in [5, 5.41) is 7.94. The molecule has 1 aromatic carbocycles. The van der Waals surface area contributed by atoms with E-state index < -0.39 is 0 Å². The second-order valence-electron chi connectivity index (χ2n) is 3.73. The molecule has 0 radical (unpaired) electrons. The van der Waals surface area contributed by atoms with Gasteiger partial charge in [0.05, 0.1) is 12.5 Å². The predicted octanol–water partition coefficient (Wildman–Crippen LogP) is 4.57. The molecule has 0 aliphatic carbocycles. The van der Waals surface area contributed by atoms with Gasteiger partial charge in [0.25, 0.3) is 0 Å². The van der Waals surface area contributed by atoms with Crippen molar-refractivity contribution in [3.63, 3.8) is 0 Å². The molecule has 0 bridgehead atoms. The Morgan fingerprint density at radius 1 is 1.41 bits per heavy atom. The van der Waals surface area contributed by atoms with Crippen molar-refractivity contribution in [1.29, 1.82) is 5.41 Å². The zero-order valence-corrected chi connectivity index (χ0v) is 12.2. The molecule has 0 aliphatic rings. The van der Waals surface area contributed by atoms with Crippen LogP contribution in [0.1, 0.15) is 31.2 Å². The number of hydrogen-bond acceptors (Lipinski definition) is 2. The minimum atomic E-state index is 0.0156. The van der Waals surface area contributed by atoms with Gasteiger partial charge in [-0.3, -0.25) is 5.41 Å². The summed E-state index contributed by atoms with van der Waals surface area (Å²) >= 11 is 9.13. The van der Waals surface area contributed by atoms with Crippen molar-refractivity contribution >= 4 is 33.4 Å². The van der Waals surface area contributed by atoms with Crippen molar-refractivity contribution in [1.82, 2.24) is 0 Å². The van der Waals surface area contributed by atoms with Crippen LogP contribution in [-0.4, -0.2) is 18.4 Å². The summed E-state index contributed by atoms with van der Waals surface area (Å²) < 4.78 is 6.36. The normalized spacial score (nSPS) is 12.2. The Bertz CT molecular complexity index is 353. The molecule has 0 saturated carbocycles. The first kappa shape index (κ1) is 14.5. The van der Waals surface area contributed by atoms with Crippen LogP contribution in [0.5, 0.6) is 0 Å². The molecule has 1 aromatic rings. The number of nitrogens with one attached hydrogen (secondary N) is 1. The Labute approximate surface area is 116 Å². The summed E-state index contributed by atoms with van der Waals surface area (Å²) in [6, 6.07) is 8.03. The summed E-state index contributed by atoms with van der Waals surface area (Å²) in [6.07, 6.45) is 1.74. The Balaban J connectivity index is 2.81. The molecule has 2 nitrogen and oxygen atoms in total. The molecule has 1 rings (SSSR count). The highest BCUT2D eigenvalue weighted by Gasteiger charge is 2.17. The summed E-state index contributed by atoms with van der Waals surface area (Å²) in [4.78, 5) is 0. The number of halogens is 2. The average Bonchev–Trinajstić information content (AvgIpc) is 2.32. The molecular formula is C13H17BrClNO. The van der Waals surface area contributed by atoms with Gasteiger partial charge in [-0.05, 0) is 37.5 Å². The highest BCUT2D eigenvalue weighted by Crippen LogP contribution is 2.25. The molecule has 1 unspecified atom stereocenters. The van der Waals surface area contributed by atoms with Gasteiger partial charge in [0.2, 0.25) is 0 Å². The van der Waals surface area contributed by atoms with Crippen LogP contribution >= 0.6 is 27.5 Å². The lowest BCUT2D eigenvalue weighted by atomic mass is 9.94. The molecule has 0 aliphatic heterocycles. The Morgan fingerprint density at radius 2 is 2.06 bits per heavy atom. The van der Waals surface area contributed by atoms with Gasteiger partial charge < -0.3 is 4.74 Å². The second-order valence-corrected chi connectivity index (χ2v) is 5.03. The van der Waals surface area contributed by atoms with E-state index in [1.54, 1.807) is 0 Å². The maximum atomic E-state index is 7.94. The van der Waals surface area contributed by atoms with Gasteiger partial charge in [-0.2, -0.15) is 0 Å². The van der Waals surface area contributed by atoms with E-state index in [1.165, 1.54) is 0 Å². The van der Waals surface area contributed by atoms with Crippen molar-refractivity contribution in [2.75, 3.05) is 12.5 Å². The lowest BCUT2D eigenvalue weighted by Gasteiger charge is -2.18. The molecule has 0 heterocycles. The van der Waals surface area contributed by atoms with E-state index >= 15 is 0 Å². The average molecular weight is 319 g/mol. The molecule has 1 N–H and O–H groups in total. The van der Waals surface area contributed by atoms with E-state index in [-0.39, 0.29) is 5.92 Å². The summed E-state index contributed by atoms with van der Waals surface area (Å²) in [7, 11) is 0. The molecule has 0 aromatic heterocycles. The van der Waals surface area contributed by atoms with E-state index in [0.717, 1.165) is 22.9 Å². The third kappa shape index (κ3) is 4.68. The third-order valence-corrected chi connectivity index (χ3v) is 3.31. The van der Waals surface area contributed by atoms with Gasteiger partial charge in [-0.15, -0.1) is 11.6 Å². The maximum Gasteiger partial charge on any atom is 0.188 e. The first-order valence-corrected chi connectivity index (χ1v) is 7.04. The first-order valence-electron chi connectivity index (χ1n) is 5.71. The smallest absolute Gasteiger partial charge is 0.188 e. The highest BCUT2D eigenvalue weighted by molar-refractivity contribution is 9.10. The zero-order chi connectivity index (χ0) is 12.7. The summed E-state index contributed by atoms with van der Waals surface area (Å²) in [6.45, 7) is 2.43. The molecule has 17 heavy (non-hydrogen) atoms. The zero-order valence-electron chi connectivity index (χ0n) is 9.88. The minimum Gasteiger partial charge on any atom is -0.481 e. The standard InChI is InChI=1S/C13H17BrClNO/c1-2-17-13(16)12(4-3-9-15)10-5-7-11(14)8-6-10/h5-8,12,16H,2-4,9H2,1H3. The minimum absolute atomic E-state index is 0.0156. The topological polar surface area (TPSA) is 33.1 Å². The van der Waals surface area contributed by atoms with Crippen LogP contribution in [0.25, 0.3) is 0 Å². The van der Waals surface area contributed by atoms with Gasteiger partial charge in [0.15, 0.2) is 5.90 Å². The van der Waals surface area contributed by atoms with Crippen LogP contribution in [0.3, 0.4) is 0 Å². The van der Waals surface area contributed by atoms with Crippen LogP contribution in [0, 0.1) is 5.41 Å². The largest absolute Gasteiger partial charge is 0.481 e. The van der Waals surface area contributed by atoms with Crippen molar-refractivity contribution in [3.8, 4) is 0 Å². The number of alkyl halides is 1. The van der Waals surface area contributed by atoms with Gasteiger partial charge in [0.1, 0.15) is 0 Å². The fraction of sp³-hybridized carbons (Fsp3) is 0.462. The Hall–Kier alpha value is -0.540. The molecule has 4 heteroatoms. The monoisotopic (exact) mass is 317 g/mol. The van der Waals surface area contributed by atoms with Crippen LogP contribution in [-0.2, 0) is 4.74 Å². The quantitative estimate of drug-likeness (QED) is 0.465. The van der Waals surface area contributed by atoms with Crippen molar-refractivity contribution < 1.29 is 4.74 Å². The highest BCUT2D eigenvalue weighted by atomic mass is 79.9. The summed E-state index contributed by atoms with van der Waals surface area (Å²) in [5.41, 5.74) is 1.11. The van der Waals surface area contributed by atoms with Gasteiger partial charge >= 0.3 is 0 Å². The van der Waals surface area contributed by atoms with E-state index in [0.29, 0.717) is 18.4 Å². The molecular weight excluding hydrogens is 302 g/mol. The predicted molar refractivity (Wildman–Crippen MR) is 76.2 cm³/mol. The molecule has 1 atom stereocenters. The lowest BCUT2D eigenvalue weighted by molar-refractivity contribution is 0.305. The molecule has 0 amide bonds. The van der Waals surface area contributed by atoms with Crippen molar-refractivity contribution in [2.45, 2.75) is 25.7 Å². The fourth-order valence-electron chi connectivity index (χ4n) is 1.68. The SMILES string of the molecule is CCOC(=N)C(CCCCl)c1ccc(Br)cc1. The van der Waals surface area contributed by atoms with Gasteiger partial charge in [0, 0.05) is 10.4 Å². The fourth-order valence-corrected chi connectivity index (χ4v) is 2.10. The summed E-state index contributed by atoms with van der Waals surface area (Å²) in [5.74, 6) is 0.966. The number of rotatable bonds is 6. The Morgan fingerprint density at radius 3 is 2.59 bits per heavy atom. The van der Waals surface area contributed by atoms with Crippen LogP contribution in [0.15, 0.2) is 28.7 Å². The number of hydrogen-bond donors (Lipinski definition) is 1. The van der Waals surface area contributed by atoms with Crippen LogP contribution < -0.4 is 0 Å². The van der Waals surface area contributed by atoms with E-state index in [4.69, 9.17) is 21.7 Å². The van der Waals surface area contributed by atoms with Gasteiger partial charge in [-0.1, -0.05) is 28.1 Å². The van der Waals surface area contributed by atoms with Crippen molar-refractivity contribution in [2.24, 2.45) is 0 Å². The third-order valence-electron chi connectivity index (χ3n) is 2.52. The van der Waals surface area contributed by atoms with E-state index in [9.17, 15) is 0 Å². The van der Waals surface area contributed by atoms with Gasteiger partial charge in [-0.25, -0.2) is 0 Å². The Kier molecular flexibility index (Phi) is 6.60. The maximum absolute atomic E-state index is 7.94. The molecule has 0 fully saturated rings. The number of ether oxygens (including phenoxy) is 1. The van der Waals surface area contributed by atoms with E-state index in [1.807, 2.05) is 31.2 Å². The van der Waals surface area contributed by atoms with E-state index in [2.05, 4.69) is 15.9 Å². The molecule has 94 valence electrons. The van der Waals surface area contributed by atoms with Crippen LogP contribution in [0.4, 0.5) is 0 Å². The van der Waals surface area contributed by atoms with Crippen LogP contribution in [0.2, 0.25) is 0 Å². The second kappa shape index (κ2) is 7.72.